The monoisotopic (exact) mass is 784 g/mol. The lowest BCUT2D eigenvalue weighted by Gasteiger charge is -2.44. The maximum absolute atomic E-state index is 6.86. The van der Waals surface area contributed by atoms with Crippen molar-refractivity contribution < 1.29 is 8.83 Å². The smallest absolute Gasteiger partial charge is 0.252 e. The second-order valence-corrected chi connectivity index (χ2v) is 17.7. The Balaban J connectivity index is 1.14. The molecule has 0 radical (unpaired) electrons. The Labute approximate surface area is 354 Å². The zero-order chi connectivity index (χ0) is 40.7. The van der Waals surface area contributed by atoms with E-state index in [0.717, 1.165) is 60.9 Å². The first-order valence-electron chi connectivity index (χ1n) is 21.6. The van der Waals surface area contributed by atoms with Gasteiger partial charge in [-0.3, -0.25) is 0 Å². The van der Waals surface area contributed by atoms with Gasteiger partial charge in [-0.15, -0.1) is 0 Å². The van der Waals surface area contributed by atoms with Gasteiger partial charge in [0.25, 0.3) is 6.71 Å². The Morgan fingerprint density at radius 2 is 0.787 bits per heavy atom. The van der Waals surface area contributed by atoms with Gasteiger partial charge in [0, 0.05) is 61.7 Å². The van der Waals surface area contributed by atoms with Crippen molar-refractivity contribution in [3.8, 4) is 0 Å². The zero-order valence-electron chi connectivity index (χ0n) is 34.5. The molecule has 0 bridgehead atoms. The molecule has 4 heterocycles. The van der Waals surface area contributed by atoms with E-state index in [-0.39, 0.29) is 6.71 Å². The third-order valence-corrected chi connectivity index (χ3v) is 13.5. The van der Waals surface area contributed by atoms with Crippen molar-refractivity contribution in [1.82, 2.24) is 0 Å². The van der Waals surface area contributed by atoms with E-state index in [1.54, 1.807) is 0 Å². The van der Waals surface area contributed by atoms with Gasteiger partial charge in [0.2, 0.25) is 0 Å². The summed E-state index contributed by atoms with van der Waals surface area (Å²) in [5.41, 5.74) is 16.9. The highest BCUT2D eigenvalue weighted by Gasteiger charge is 2.44. The van der Waals surface area contributed by atoms with Crippen LogP contribution in [0.3, 0.4) is 0 Å². The van der Waals surface area contributed by atoms with Crippen molar-refractivity contribution in [3.63, 3.8) is 0 Å². The van der Waals surface area contributed by atoms with Crippen LogP contribution in [-0.2, 0) is 0 Å². The van der Waals surface area contributed by atoms with Gasteiger partial charge in [0.1, 0.15) is 22.3 Å². The Hall–Kier alpha value is -7.24. The normalized spacial score (nSPS) is 13.4. The van der Waals surface area contributed by atoms with Gasteiger partial charge in [0.05, 0.1) is 0 Å². The standard InChI is InChI=1S/C56H41BN2O2/c1-32(2)34-16-20-40(21-17-34)58-48-14-9-15-49-56(48)57(47-30-54-45(29-50(47)58)43-25-37-11-6-8-13-39(37)27-53(43)60-54)46-28-44-42-24-36-10-5-7-12-38(36)26-52(42)61-55(44)31-51(46)59(49)41-22-18-35(19-23-41)33(3)4/h5-33H,1-4H3. The van der Waals surface area contributed by atoms with Crippen molar-refractivity contribution in [3.05, 3.63) is 175 Å². The van der Waals surface area contributed by atoms with E-state index in [9.17, 15) is 0 Å². The summed E-state index contributed by atoms with van der Waals surface area (Å²) in [5.74, 6) is 0.868. The minimum Gasteiger partial charge on any atom is -0.456 e. The molecule has 0 saturated heterocycles. The second kappa shape index (κ2) is 12.6. The molecule has 5 heteroatoms. The van der Waals surface area contributed by atoms with Crippen LogP contribution in [0, 0.1) is 0 Å². The summed E-state index contributed by atoms with van der Waals surface area (Å²) in [6.07, 6.45) is 0. The third-order valence-electron chi connectivity index (χ3n) is 13.5. The topological polar surface area (TPSA) is 32.8 Å². The summed E-state index contributed by atoms with van der Waals surface area (Å²) in [4.78, 5) is 4.96. The molecule has 0 amide bonds. The summed E-state index contributed by atoms with van der Waals surface area (Å²) in [6.45, 7) is 8.95. The van der Waals surface area contributed by atoms with Crippen LogP contribution in [0.15, 0.2) is 173 Å². The third kappa shape index (κ3) is 5.01. The van der Waals surface area contributed by atoms with Crippen molar-refractivity contribution in [1.29, 1.82) is 0 Å². The molecule has 0 unspecified atom stereocenters. The van der Waals surface area contributed by atoms with Gasteiger partial charge in [-0.2, -0.15) is 0 Å². The number of furan rings is 2. The molecule has 2 aliphatic heterocycles. The molecule has 290 valence electrons. The highest BCUT2D eigenvalue weighted by Crippen LogP contribution is 2.47. The van der Waals surface area contributed by atoms with Crippen LogP contribution in [0.25, 0.3) is 65.4 Å². The number of hydrogen-bond donors (Lipinski definition) is 0. The molecular weight excluding hydrogens is 743 g/mol. The molecule has 9 aromatic carbocycles. The van der Waals surface area contributed by atoms with E-state index < -0.39 is 0 Å². The lowest BCUT2D eigenvalue weighted by Crippen LogP contribution is -2.61. The summed E-state index contributed by atoms with van der Waals surface area (Å²) >= 11 is 0. The summed E-state index contributed by atoms with van der Waals surface area (Å²) in [5, 5.41) is 9.27. The number of fused-ring (bicyclic) bond motifs is 12. The van der Waals surface area contributed by atoms with Gasteiger partial charge in [-0.1, -0.05) is 113 Å². The number of anilines is 6. The van der Waals surface area contributed by atoms with Crippen LogP contribution >= 0.6 is 0 Å². The van der Waals surface area contributed by atoms with Crippen LogP contribution in [0.2, 0.25) is 0 Å². The molecule has 2 aliphatic rings. The number of benzene rings is 9. The average molecular weight is 785 g/mol. The van der Waals surface area contributed by atoms with E-state index in [4.69, 9.17) is 8.83 Å². The molecule has 61 heavy (non-hydrogen) atoms. The minimum atomic E-state index is -0.0833. The van der Waals surface area contributed by atoms with Gasteiger partial charge in [-0.05, 0) is 134 Å². The molecule has 4 nitrogen and oxygen atoms in total. The Morgan fingerprint density at radius 1 is 0.377 bits per heavy atom. The molecule has 0 N–H and O–H groups in total. The Kier molecular flexibility index (Phi) is 7.17. The van der Waals surface area contributed by atoms with E-state index in [0.29, 0.717) is 11.8 Å². The van der Waals surface area contributed by atoms with Gasteiger partial charge in [-0.25, -0.2) is 0 Å². The minimum absolute atomic E-state index is 0.0833. The maximum atomic E-state index is 6.86. The van der Waals surface area contributed by atoms with Crippen LogP contribution < -0.4 is 26.2 Å². The van der Waals surface area contributed by atoms with Crippen molar-refractivity contribution in [2.24, 2.45) is 0 Å². The quantitative estimate of drug-likeness (QED) is 0.166. The van der Waals surface area contributed by atoms with E-state index in [1.165, 1.54) is 66.1 Å². The molecular formula is C56H41BN2O2. The molecule has 0 spiro atoms. The van der Waals surface area contributed by atoms with Gasteiger partial charge >= 0.3 is 0 Å². The number of rotatable bonds is 4. The highest BCUT2D eigenvalue weighted by molar-refractivity contribution is 7.00. The molecule has 0 aliphatic carbocycles. The first kappa shape index (κ1) is 34.6. The summed E-state index contributed by atoms with van der Waals surface area (Å²) in [7, 11) is 0. The average Bonchev–Trinajstić information content (AvgIpc) is 3.81. The lowest BCUT2D eigenvalue weighted by molar-refractivity contribution is 0.669. The van der Waals surface area contributed by atoms with Crippen LogP contribution in [0.1, 0.15) is 50.7 Å². The number of nitrogens with zero attached hydrogens (tertiary/aromatic N) is 2. The predicted octanol–water partition coefficient (Wildman–Crippen LogP) is 14.1. The molecule has 0 fully saturated rings. The molecule has 2 aromatic heterocycles. The first-order valence-corrected chi connectivity index (χ1v) is 21.6. The van der Waals surface area contributed by atoms with Crippen LogP contribution in [-0.4, -0.2) is 6.71 Å². The van der Waals surface area contributed by atoms with Crippen molar-refractivity contribution in [2.75, 3.05) is 9.80 Å². The summed E-state index contributed by atoms with van der Waals surface area (Å²) in [6, 6.07) is 60.8. The predicted molar refractivity (Wildman–Crippen MR) is 258 cm³/mol. The van der Waals surface area contributed by atoms with Crippen LogP contribution in [0.4, 0.5) is 34.1 Å². The Morgan fingerprint density at radius 3 is 1.30 bits per heavy atom. The largest absolute Gasteiger partial charge is 0.456 e. The van der Waals surface area contributed by atoms with E-state index in [1.807, 2.05) is 0 Å². The maximum Gasteiger partial charge on any atom is 0.252 e. The molecule has 0 atom stereocenters. The van der Waals surface area contributed by atoms with Crippen molar-refractivity contribution in [2.45, 2.75) is 39.5 Å². The first-order chi connectivity index (χ1) is 29.9. The Bertz CT molecular complexity index is 3610. The molecule has 13 rings (SSSR count). The highest BCUT2D eigenvalue weighted by atomic mass is 16.3. The van der Waals surface area contributed by atoms with E-state index in [2.05, 4.69) is 201 Å². The SMILES string of the molecule is CC(C)c1ccc(N2c3cc4oc5cc6ccccc6cc5c4cc3B3c4cc5oc6cc7ccccc7cc6c5cc4N(c4ccc(C(C)C)cc4)c4cccc2c43)cc1. The van der Waals surface area contributed by atoms with E-state index >= 15 is 0 Å². The fraction of sp³-hybridized carbons (Fsp3) is 0.107. The fourth-order valence-electron chi connectivity index (χ4n) is 10.4. The molecule has 0 saturated carbocycles. The van der Waals surface area contributed by atoms with Gasteiger partial charge in [0.15, 0.2) is 0 Å². The lowest BCUT2D eigenvalue weighted by atomic mass is 9.33. The summed E-state index contributed by atoms with van der Waals surface area (Å²) < 4.78 is 13.7. The molecule has 11 aromatic rings. The fourth-order valence-corrected chi connectivity index (χ4v) is 10.4. The number of hydrogen-bond acceptors (Lipinski definition) is 4. The second-order valence-electron chi connectivity index (χ2n) is 17.7. The van der Waals surface area contributed by atoms with Crippen LogP contribution in [0.5, 0.6) is 0 Å². The zero-order valence-corrected chi connectivity index (χ0v) is 34.5. The van der Waals surface area contributed by atoms with Crippen molar-refractivity contribution >= 4 is 123 Å². The van der Waals surface area contributed by atoms with Gasteiger partial charge < -0.3 is 18.6 Å².